The molecular formula is C13H14N2S. The van der Waals surface area contributed by atoms with Crippen molar-refractivity contribution in [2.24, 2.45) is 5.73 Å². The Morgan fingerprint density at radius 2 is 2.19 bits per heavy atom. The van der Waals surface area contributed by atoms with E-state index < -0.39 is 0 Å². The zero-order chi connectivity index (χ0) is 11.7. The molecule has 2 aromatic rings. The lowest BCUT2D eigenvalue weighted by Gasteiger charge is -2.09. The first-order chi connectivity index (χ1) is 7.63. The number of hydrogen-bond acceptors (Lipinski definition) is 2. The number of hydrogen-bond donors (Lipinski definition) is 1. The maximum atomic E-state index is 5.74. The number of aromatic nitrogens is 1. The van der Waals surface area contributed by atoms with E-state index in [0.717, 1.165) is 28.6 Å². The molecule has 0 aliphatic rings. The number of benzene rings is 1. The van der Waals surface area contributed by atoms with E-state index in [1.165, 1.54) is 5.56 Å². The van der Waals surface area contributed by atoms with Crippen molar-refractivity contribution in [3.63, 3.8) is 0 Å². The van der Waals surface area contributed by atoms with Crippen LogP contribution in [0, 0.1) is 6.92 Å². The lowest BCUT2D eigenvalue weighted by Crippen LogP contribution is -2.11. The molecule has 1 heterocycles. The predicted octanol–water partition coefficient (Wildman–Crippen LogP) is 2.74. The Hall–Kier alpha value is -1.48. The van der Waals surface area contributed by atoms with Gasteiger partial charge in [-0.1, -0.05) is 37.3 Å². The third-order valence-corrected chi connectivity index (χ3v) is 2.92. The van der Waals surface area contributed by atoms with Gasteiger partial charge in [-0.05, 0) is 25.0 Å². The molecular weight excluding hydrogens is 216 g/mol. The smallest absolute Gasteiger partial charge is 0.104 e. The second-order valence-corrected chi connectivity index (χ2v) is 4.28. The van der Waals surface area contributed by atoms with Crippen LogP contribution in [0.15, 0.2) is 24.3 Å². The van der Waals surface area contributed by atoms with Crippen LogP contribution in [0.25, 0.3) is 10.9 Å². The van der Waals surface area contributed by atoms with Crippen molar-refractivity contribution >= 4 is 28.1 Å². The van der Waals surface area contributed by atoms with E-state index in [9.17, 15) is 0 Å². The average molecular weight is 230 g/mol. The van der Waals surface area contributed by atoms with Crippen molar-refractivity contribution in [3.8, 4) is 0 Å². The molecule has 0 saturated carbocycles. The van der Waals surface area contributed by atoms with E-state index in [1.54, 1.807) is 0 Å². The predicted molar refractivity (Wildman–Crippen MR) is 71.7 cm³/mol. The molecule has 0 atom stereocenters. The first-order valence-electron chi connectivity index (χ1n) is 5.32. The number of rotatable bonds is 2. The third kappa shape index (κ3) is 1.78. The monoisotopic (exact) mass is 230 g/mol. The number of nitrogens with zero attached hydrogens (tertiary/aromatic N) is 1. The first kappa shape index (κ1) is 11.0. The lowest BCUT2D eigenvalue weighted by molar-refractivity contribution is 1.13. The largest absolute Gasteiger partial charge is 0.389 e. The Morgan fingerprint density at radius 3 is 2.81 bits per heavy atom. The maximum Gasteiger partial charge on any atom is 0.104 e. The lowest BCUT2D eigenvalue weighted by atomic mass is 10.0. The van der Waals surface area contributed by atoms with Crippen molar-refractivity contribution in [1.82, 2.24) is 4.98 Å². The number of pyridine rings is 1. The number of fused-ring (bicyclic) bond motifs is 1. The highest BCUT2D eigenvalue weighted by Gasteiger charge is 2.08. The summed E-state index contributed by atoms with van der Waals surface area (Å²) in [5.74, 6) is 0. The third-order valence-electron chi connectivity index (χ3n) is 2.70. The van der Waals surface area contributed by atoms with Gasteiger partial charge in [-0.2, -0.15) is 0 Å². The van der Waals surface area contributed by atoms with Crippen molar-refractivity contribution in [2.45, 2.75) is 20.3 Å². The van der Waals surface area contributed by atoms with Gasteiger partial charge >= 0.3 is 0 Å². The normalized spacial score (nSPS) is 10.6. The summed E-state index contributed by atoms with van der Waals surface area (Å²) in [4.78, 5) is 5.01. The van der Waals surface area contributed by atoms with Crippen LogP contribution in [-0.2, 0) is 6.42 Å². The molecule has 0 spiro atoms. The summed E-state index contributed by atoms with van der Waals surface area (Å²) in [5, 5.41) is 1.05. The number of nitrogens with two attached hydrogens (primary N) is 1. The molecule has 0 bridgehead atoms. The van der Waals surface area contributed by atoms with Gasteiger partial charge in [0, 0.05) is 16.6 Å². The molecule has 2 rings (SSSR count). The van der Waals surface area contributed by atoms with Crippen molar-refractivity contribution in [2.75, 3.05) is 0 Å². The highest BCUT2D eigenvalue weighted by molar-refractivity contribution is 7.80. The fourth-order valence-corrected chi connectivity index (χ4v) is 2.09. The maximum absolute atomic E-state index is 5.74. The molecule has 0 radical (unpaired) electrons. The molecule has 0 unspecified atom stereocenters. The Kier molecular flexibility index (Phi) is 2.88. The van der Waals surface area contributed by atoms with Gasteiger partial charge in [-0.15, -0.1) is 0 Å². The standard InChI is InChI=1S/C13H14N2S/c1-3-9-5-4-6-10-11(13(14)16)7-8(2)15-12(9)10/h4-7H,3H2,1-2H3,(H2,14,16). The summed E-state index contributed by atoms with van der Waals surface area (Å²) in [7, 11) is 0. The second kappa shape index (κ2) is 4.18. The van der Waals surface area contributed by atoms with Crippen LogP contribution in [0.5, 0.6) is 0 Å². The fraction of sp³-hybridized carbons (Fsp3) is 0.231. The molecule has 1 aromatic heterocycles. The Balaban J connectivity index is 2.88. The Morgan fingerprint density at radius 1 is 1.44 bits per heavy atom. The quantitative estimate of drug-likeness (QED) is 0.806. The fourth-order valence-electron chi connectivity index (χ4n) is 1.93. The average Bonchev–Trinajstić information content (AvgIpc) is 2.27. The molecule has 0 aliphatic heterocycles. The van der Waals surface area contributed by atoms with Gasteiger partial charge in [0.15, 0.2) is 0 Å². The van der Waals surface area contributed by atoms with Crippen molar-refractivity contribution in [1.29, 1.82) is 0 Å². The second-order valence-electron chi connectivity index (χ2n) is 3.84. The van der Waals surface area contributed by atoms with Crippen molar-refractivity contribution in [3.05, 3.63) is 41.1 Å². The van der Waals surface area contributed by atoms with Gasteiger partial charge in [-0.3, -0.25) is 4.98 Å². The van der Waals surface area contributed by atoms with E-state index in [-0.39, 0.29) is 0 Å². The van der Waals surface area contributed by atoms with Crippen LogP contribution in [0.4, 0.5) is 0 Å². The highest BCUT2D eigenvalue weighted by Crippen LogP contribution is 2.22. The van der Waals surface area contributed by atoms with Gasteiger partial charge in [0.1, 0.15) is 4.99 Å². The SMILES string of the molecule is CCc1cccc2c(C(N)=S)cc(C)nc12. The summed E-state index contributed by atoms with van der Waals surface area (Å²) >= 11 is 5.08. The molecule has 16 heavy (non-hydrogen) atoms. The summed E-state index contributed by atoms with van der Waals surface area (Å²) in [6.07, 6.45) is 0.963. The van der Waals surface area contributed by atoms with Crippen LogP contribution < -0.4 is 5.73 Å². The molecule has 2 N–H and O–H groups in total. The van der Waals surface area contributed by atoms with Crippen LogP contribution in [0.1, 0.15) is 23.7 Å². The first-order valence-corrected chi connectivity index (χ1v) is 5.73. The minimum atomic E-state index is 0.434. The van der Waals surface area contributed by atoms with E-state index in [4.69, 9.17) is 18.0 Å². The van der Waals surface area contributed by atoms with Gasteiger partial charge in [0.25, 0.3) is 0 Å². The minimum absolute atomic E-state index is 0.434. The van der Waals surface area contributed by atoms with Crippen LogP contribution in [0.2, 0.25) is 0 Å². The molecule has 1 aromatic carbocycles. The molecule has 82 valence electrons. The van der Waals surface area contributed by atoms with Crippen LogP contribution in [-0.4, -0.2) is 9.97 Å². The van der Waals surface area contributed by atoms with Gasteiger partial charge in [0.05, 0.1) is 5.52 Å². The van der Waals surface area contributed by atoms with Crippen LogP contribution in [0.3, 0.4) is 0 Å². The minimum Gasteiger partial charge on any atom is -0.389 e. The van der Waals surface area contributed by atoms with Gasteiger partial charge in [-0.25, -0.2) is 0 Å². The van der Waals surface area contributed by atoms with Gasteiger partial charge < -0.3 is 5.73 Å². The summed E-state index contributed by atoms with van der Waals surface area (Å²) < 4.78 is 0. The Bertz CT molecular complexity index is 561. The van der Waals surface area contributed by atoms with Crippen molar-refractivity contribution < 1.29 is 0 Å². The number of thiocarbonyl (C=S) groups is 1. The number of para-hydroxylation sites is 1. The topological polar surface area (TPSA) is 38.9 Å². The molecule has 0 amide bonds. The summed E-state index contributed by atoms with van der Waals surface area (Å²) in [5.41, 5.74) is 9.88. The highest BCUT2D eigenvalue weighted by atomic mass is 32.1. The van der Waals surface area contributed by atoms with E-state index in [2.05, 4.69) is 18.0 Å². The molecule has 0 aliphatic carbocycles. The molecule has 0 fully saturated rings. The van der Waals surface area contributed by atoms with Gasteiger partial charge in [0.2, 0.25) is 0 Å². The summed E-state index contributed by atoms with van der Waals surface area (Å²) in [6, 6.07) is 8.09. The van der Waals surface area contributed by atoms with E-state index in [0.29, 0.717) is 4.99 Å². The number of aryl methyl sites for hydroxylation is 2. The zero-order valence-electron chi connectivity index (χ0n) is 9.45. The van der Waals surface area contributed by atoms with E-state index in [1.807, 2.05) is 25.1 Å². The molecule has 0 saturated heterocycles. The molecule has 2 nitrogen and oxygen atoms in total. The zero-order valence-corrected chi connectivity index (χ0v) is 10.3. The Labute approximate surface area is 100 Å². The van der Waals surface area contributed by atoms with Crippen LogP contribution >= 0.6 is 12.2 Å². The van der Waals surface area contributed by atoms with E-state index >= 15 is 0 Å². The summed E-state index contributed by atoms with van der Waals surface area (Å²) in [6.45, 7) is 4.09. The molecule has 3 heteroatoms.